The Labute approximate surface area is 126 Å². The Hall–Kier alpha value is -2.16. The highest BCUT2D eigenvalue weighted by Gasteiger charge is 2.24. The van der Waals surface area contributed by atoms with Crippen LogP contribution in [0.1, 0.15) is 37.9 Å². The highest BCUT2D eigenvalue weighted by Crippen LogP contribution is 2.21. The average Bonchev–Trinajstić information content (AvgIpc) is 2.45. The number of amides is 1. The molecule has 0 spiro atoms. The van der Waals surface area contributed by atoms with E-state index < -0.39 is 0 Å². The first kappa shape index (κ1) is 15.2. The number of pyridine rings is 1. The monoisotopic (exact) mass is 282 g/mol. The van der Waals surface area contributed by atoms with Gasteiger partial charge in [0, 0.05) is 23.9 Å². The summed E-state index contributed by atoms with van der Waals surface area (Å²) in [5, 5.41) is 3.07. The Bertz CT molecular complexity index is 573. The van der Waals surface area contributed by atoms with Gasteiger partial charge in [-0.05, 0) is 38.5 Å². The number of benzene rings is 1. The van der Waals surface area contributed by atoms with E-state index >= 15 is 0 Å². The van der Waals surface area contributed by atoms with Crippen molar-refractivity contribution in [2.45, 2.75) is 38.6 Å². The van der Waals surface area contributed by atoms with Crippen LogP contribution >= 0.6 is 0 Å². The van der Waals surface area contributed by atoms with Crippen LogP contribution < -0.4 is 5.32 Å². The Balaban J connectivity index is 2.25. The largest absolute Gasteiger partial charge is 0.351 e. The number of rotatable bonds is 4. The molecule has 110 valence electrons. The number of carbonyl (C=O) groups excluding carboxylic acids is 1. The van der Waals surface area contributed by atoms with Crippen LogP contribution in [0.4, 0.5) is 0 Å². The van der Waals surface area contributed by atoms with Crippen LogP contribution in [0.5, 0.6) is 0 Å². The van der Waals surface area contributed by atoms with E-state index in [1.54, 1.807) is 6.20 Å². The summed E-state index contributed by atoms with van der Waals surface area (Å²) in [7, 11) is 0. The van der Waals surface area contributed by atoms with Gasteiger partial charge in [-0.15, -0.1) is 0 Å². The second-order valence-electron chi connectivity index (χ2n) is 6.23. The van der Waals surface area contributed by atoms with Gasteiger partial charge in [-0.2, -0.15) is 0 Å². The summed E-state index contributed by atoms with van der Waals surface area (Å²) in [5.41, 5.74) is 1.70. The van der Waals surface area contributed by atoms with Crippen LogP contribution in [0.25, 0.3) is 0 Å². The van der Waals surface area contributed by atoms with Crippen molar-refractivity contribution in [2.24, 2.45) is 0 Å². The molecule has 0 aliphatic carbocycles. The number of hydrogen-bond donors (Lipinski definition) is 1. The van der Waals surface area contributed by atoms with Crippen LogP contribution in [-0.4, -0.2) is 16.4 Å². The number of hydrogen-bond acceptors (Lipinski definition) is 2. The Kier molecular flexibility index (Phi) is 4.73. The Morgan fingerprint density at radius 3 is 2.33 bits per heavy atom. The Morgan fingerprint density at radius 2 is 1.76 bits per heavy atom. The predicted molar refractivity (Wildman–Crippen MR) is 85.0 cm³/mol. The van der Waals surface area contributed by atoms with Gasteiger partial charge in [0.15, 0.2) is 0 Å². The number of aromatic nitrogens is 1. The minimum absolute atomic E-state index is 0.0411. The van der Waals surface area contributed by atoms with Crippen LogP contribution in [0, 0.1) is 0 Å². The molecular weight excluding hydrogens is 260 g/mol. The smallest absolute Gasteiger partial charge is 0.228 e. The van der Waals surface area contributed by atoms with Gasteiger partial charge in [0.1, 0.15) is 0 Å². The lowest BCUT2D eigenvalue weighted by Gasteiger charge is -2.25. The van der Waals surface area contributed by atoms with Gasteiger partial charge in [-0.25, -0.2) is 0 Å². The van der Waals surface area contributed by atoms with Gasteiger partial charge >= 0.3 is 0 Å². The molecule has 1 atom stereocenters. The van der Waals surface area contributed by atoms with Gasteiger partial charge in [0.25, 0.3) is 0 Å². The predicted octanol–water partition coefficient (Wildman–Crippen LogP) is 3.32. The van der Waals surface area contributed by atoms with E-state index in [0.717, 1.165) is 11.3 Å². The SMILES string of the molecule is CC(C)(C)NC(=O)C(Cc1ccccn1)c1ccccc1. The van der Waals surface area contributed by atoms with Gasteiger partial charge in [0.05, 0.1) is 5.92 Å². The van der Waals surface area contributed by atoms with Gasteiger partial charge in [-0.3, -0.25) is 9.78 Å². The van der Waals surface area contributed by atoms with Crippen molar-refractivity contribution in [2.75, 3.05) is 0 Å². The first-order chi connectivity index (χ1) is 9.96. The number of carbonyl (C=O) groups is 1. The van der Waals surface area contributed by atoms with Crippen molar-refractivity contribution in [1.29, 1.82) is 0 Å². The van der Waals surface area contributed by atoms with Gasteiger partial charge in [-0.1, -0.05) is 36.4 Å². The highest BCUT2D eigenvalue weighted by molar-refractivity contribution is 5.84. The Morgan fingerprint density at radius 1 is 1.10 bits per heavy atom. The molecule has 0 saturated carbocycles. The topological polar surface area (TPSA) is 42.0 Å². The fourth-order valence-electron chi connectivity index (χ4n) is 2.23. The molecule has 1 amide bonds. The fourth-order valence-corrected chi connectivity index (χ4v) is 2.23. The number of nitrogens with zero attached hydrogens (tertiary/aromatic N) is 1. The third-order valence-electron chi connectivity index (χ3n) is 3.16. The summed E-state index contributed by atoms with van der Waals surface area (Å²) >= 11 is 0. The summed E-state index contributed by atoms with van der Waals surface area (Å²) < 4.78 is 0. The molecule has 0 fully saturated rings. The van der Waals surface area contributed by atoms with Crippen LogP contribution in [0.3, 0.4) is 0 Å². The maximum Gasteiger partial charge on any atom is 0.228 e. The summed E-state index contributed by atoms with van der Waals surface area (Å²) in [6.07, 6.45) is 2.37. The average molecular weight is 282 g/mol. The van der Waals surface area contributed by atoms with E-state index in [2.05, 4.69) is 10.3 Å². The van der Waals surface area contributed by atoms with Crippen molar-refractivity contribution in [1.82, 2.24) is 10.3 Å². The molecule has 2 aromatic rings. The molecule has 1 unspecified atom stereocenters. The summed E-state index contributed by atoms with van der Waals surface area (Å²) in [6.45, 7) is 5.98. The van der Waals surface area contributed by atoms with Crippen molar-refractivity contribution in [3.05, 3.63) is 66.0 Å². The summed E-state index contributed by atoms with van der Waals surface area (Å²) in [4.78, 5) is 17.0. The molecule has 21 heavy (non-hydrogen) atoms. The van der Waals surface area contributed by atoms with E-state index in [-0.39, 0.29) is 17.4 Å². The first-order valence-corrected chi connectivity index (χ1v) is 7.22. The molecule has 1 heterocycles. The van der Waals surface area contributed by atoms with Crippen molar-refractivity contribution in [3.8, 4) is 0 Å². The first-order valence-electron chi connectivity index (χ1n) is 7.22. The fraction of sp³-hybridized carbons (Fsp3) is 0.333. The van der Waals surface area contributed by atoms with Crippen molar-refractivity contribution in [3.63, 3.8) is 0 Å². The molecule has 0 radical (unpaired) electrons. The van der Waals surface area contributed by atoms with Gasteiger partial charge in [0.2, 0.25) is 5.91 Å². The van der Waals surface area contributed by atoms with Gasteiger partial charge < -0.3 is 5.32 Å². The minimum atomic E-state index is -0.242. The second kappa shape index (κ2) is 6.53. The van der Waals surface area contributed by atoms with Crippen molar-refractivity contribution >= 4 is 5.91 Å². The standard InChI is InChI=1S/C18H22N2O/c1-18(2,3)20-17(21)16(14-9-5-4-6-10-14)13-15-11-7-8-12-19-15/h4-12,16H,13H2,1-3H3,(H,20,21). The maximum atomic E-state index is 12.6. The second-order valence-corrected chi connectivity index (χ2v) is 6.23. The molecule has 2 rings (SSSR count). The van der Waals surface area contributed by atoms with E-state index in [4.69, 9.17) is 0 Å². The quantitative estimate of drug-likeness (QED) is 0.934. The molecule has 0 aliphatic heterocycles. The van der Waals surface area contributed by atoms with E-state index in [1.807, 2.05) is 69.3 Å². The third-order valence-corrected chi connectivity index (χ3v) is 3.16. The molecule has 3 nitrogen and oxygen atoms in total. The van der Waals surface area contributed by atoms with E-state index in [1.165, 1.54) is 0 Å². The lowest BCUT2D eigenvalue weighted by atomic mass is 9.92. The van der Waals surface area contributed by atoms with Crippen molar-refractivity contribution < 1.29 is 4.79 Å². The third kappa shape index (κ3) is 4.71. The molecule has 0 aliphatic rings. The molecule has 1 N–H and O–H groups in total. The molecule has 0 bridgehead atoms. The van der Waals surface area contributed by atoms with Crippen LogP contribution in [-0.2, 0) is 11.2 Å². The molecule has 1 aromatic heterocycles. The molecule has 3 heteroatoms. The number of nitrogens with one attached hydrogen (secondary N) is 1. The lowest BCUT2D eigenvalue weighted by Crippen LogP contribution is -2.43. The zero-order valence-electron chi connectivity index (χ0n) is 12.8. The molecule has 1 aromatic carbocycles. The molecule has 0 saturated heterocycles. The maximum absolute atomic E-state index is 12.6. The van der Waals surface area contributed by atoms with E-state index in [9.17, 15) is 4.79 Å². The zero-order valence-corrected chi connectivity index (χ0v) is 12.8. The summed E-state index contributed by atoms with van der Waals surface area (Å²) in [6, 6.07) is 15.7. The minimum Gasteiger partial charge on any atom is -0.351 e. The highest BCUT2D eigenvalue weighted by atomic mass is 16.2. The summed E-state index contributed by atoms with van der Waals surface area (Å²) in [5.74, 6) is -0.181. The molecular formula is C18H22N2O. The van der Waals surface area contributed by atoms with Crippen LogP contribution in [0.15, 0.2) is 54.7 Å². The normalized spacial score (nSPS) is 12.7. The zero-order chi connectivity index (χ0) is 15.3. The van der Waals surface area contributed by atoms with E-state index in [0.29, 0.717) is 6.42 Å². The van der Waals surface area contributed by atoms with Crippen LogP contribution in [0.2, 0.25) is 0 Å². The lowest BCUT2D eigenvalue weighted by molar-refractivity contribution is -0.124.